The monoisotopic (exact) mass is 2140 g/mol. The topological polar surface area (TPSA) is 427 Å². The van der Waals surface area contributed by atoms with Gasteiger partial charge in [-0.3, -0.25) is 47.9 Å². The van der Waals surface area contributed by atoms with Crippen molar-refractivity contribution < 1.29 is 153 Å². The molecule has 4 fully saturated rings. The second kappa shape index (κ2) is 53.1. The van der Waals surface area contributed by atoms with Crippen LogP contribution in [0.25, 0.3) is 0 Å². The fourth-order valence-electron chi connectivity index (χ4n) is 20.1. The van der Waals surface area contributed by atoms with Crippen LogP contribution >= 0.6 is 0 Å². The number of carbonyl (C=O) groups is 10. The lowest BCUT2D eigenvalue weighted by Crippen LogP contribution is -2.64. The Morgan fingerprint density at radius 3 is 0.695 bits per heavy atom. The van der Waals surface area contributed by atoms with E-state index in [1.54, 1.807) is 48.5 Å². The summed E-state index contributed by atoms with van der Waals surface area (Å²) in [5.41, 5.74) is -6.37. The van der Waals surface area contributed by atoms with Crippen molar-refractivity contribution in [3.05, 3.63) is 130 Å². The third kappa shape index (κ3) is 36.7. The maximum atomic E-state index is 14.0. The number of aldehydes is 2. The van der Waals surface area contributed by atoms with Gasteiger partial charge in [-0.2, -0.15) is 0 Å². The van der Waals surface area contributed by atoms with Gasteiger partial charge in [0.25, 0.3) is 0 Å². The third-order valence-electron chi connectivity index (χ3n) is 25.4. The van der Waals surface area contributed by atoms with E-state index in [0.29, 0.717) is 136 Å². The Balaban J connectivity index is 1.01. The van der Waals surface area contributed by atoms with E-state index >= 15 is 0 Å². The predicted octanol–water partition coefficient (Wildman–Crippen LogP) is 16.6. The molecule has 788 valence electrons. The minimum atomic E-state index is -3.65. The lowest BCUT2D eigenvalue weighted by molar-refractivity contribution is -0.161. The Hall–Kier alpha value is -6.13. The number of ketones is 4. The van der Waals surface area contributed by atoms with Gasteiger partial charge in [0.2, 0.25) is 0 Å². The highest BCUT2D eigenvalue weighted by Gasteiger charge is 2.58. The van der Waals surface area contributed by atoms with Gasteiger partial charge in [0, 0.05) is 59.8 Å². The van der Waals surface area contributed by atoms with Gasteiger partial charge in [0.05, 0.1) is 64.3 Å². The molecular weight excluding hydrogens is 1990 g/mol. The van der Waals surface area contributed by atoms with E-state index < -0.39 is 178 Å². The van der Waals surface area contributed by atoms with Gasteiger partial charge in [-0.15, -0.1) is 0 Å². The summed E-state index contributed by atoms with van der Waals surface area (Å²) < 4.78 is 125. The molecular formula is C98H158O33Si10. The van der Waals surface area contributed by atoms with Crippen molar-refractivity contribution in [2.75, 3.05) is 93.5 Å². The van der Waals surface area contributed by atoms with Crippen LogP contribution in [-0.4, -0.2) is 281 Å². The summed E-state index contributed by atoms with van der Waals surface area (Å²) in [7, 11) is -28.9. The van der Waals surface area contributed by atoms with Gasteiger partial charge in [-0.25, -0.2) is 0 Å². The molecule has 0 amide bonds. The first-order valence-electron chi connectivity index (χ1n) is 49.8. The minimum Gasteiger partial charge on any atom is -0.497 e. The van der Waals surface area contributed by atoms with E-state index in [4.69, 9.17) is 84.4 Å². The number of hydrogen-bond acceptors (Lipinski definition) is 33. The second-order valence-corrected chi connectivity index (χ2v) is 80.0. The van der Waals surface area contributed by atoms with Crippen LogP contribution in [0.3, 0.4) is 0 Å². The van der Waals surface area contributed by atoms with Crippen molar-refractivity contribution in [1.82, 2.24) is 0 Å². The first-order valence-corrected chi connectivity index (χ1v) is 78.0. The molecule has 4 saturated carbocycles. The standard InChI is InChI=1S/C98H158O33Si10/c1-113-81-49-45-79(46-50-81)89(103)97(111)55-27-23-35-85(97)93(107)121-65-61-115-57-29-69-138(17,124-133(6,7)8)126-135(11,12)127-140(19,71-31-59-117-64-68-122-94(108)86-36-24-28-56-98(86,112)90(104)80-47-51-82(114-2)52-48-80)130-137(15,16)131-141(20,72-32-60-118-63-67-120-92(106)84-34-22-26-54-96(84,110)88(102)78-43-39-76(74-100)40-44-78)129-136(13,14)128-139(18,125-134(9,10)123-132(3,4)5)70-30-58-116-62-66-119-91(105)83-33-21-25-53-95(83,109)87(101)77-41-37-75(73-99)38-42-77/h37-52,73-74,83-86,109-112H,21-36,53-72H2,1-20H3. The SMILES string of the molecule is COc1ccc(C(=O)C2(O)CCCCC2C(=O)OCCOCCC[Si](C)(O[Si](C)(C)C)O[Si](C)(C)O[Si](C)(CCCOCCOC(=O)C2CCCCC2(O)C(=O)c2ccc(OC)cc2)O[Si](C)(C)O[Si](C)(CCCOCCOC(=O)C2CCCCC2(O)C(=O)c2ccc(C=O)cc2)O[Si](C)(C)O[Si](C)(CCCOCCOC(=O)C2CCCCC2(O)C(=O)c2ccc(C=O)cc2)O[Si](C)(C)O[Si](C)(C)C)cc1. The highest BCUT2D eigenvalue weighted by atomic mass is 28.5. The molecule has 0 spiro atoms. The van der Waals surface area contributed by atoms with Gasteiger partial charge in [0.15, 0.2) is 39.8 Å². The Morgan fingerprint density at radius 2 is 0.489 bits per heavy atom. The fraction of sp³-hybridized carbons (Fsp3) is 0.653. The summed E-state index contributed by atoms with van der Waals surface area (Å²) in [6.07, 6.45) is 8.96. The molecule has 0 aromatic heterocycles. The van der Waals surface area contributed by atoms with Crippen LogP contribution in [0, 0.1) is 23.7 Å². The van der Waals surface area contributed by atoms with E-state index in [-0.39, 0.29) is 153 Å². The number of ether oxygens (including phenoxy) is 10. The summed E-state index contributed by atoms with van der Waals surface area (Å²) in [6.45, 7) is 36.6. The van der Waals surface area contributed by atoms with Crippen LogP contribution in [0.15, 0.2) is 97.1 Å². The highest BCUT2D eigenvalue weighted by Crippen LogP contribution is 2.44. The number of methoxy groups -OCH3 is 2. The van der Waals surface area contributed by atoms with Crippen molar-refractivity contribution in [2.45, 2.75) is 293 Å². The molecule has 4 aromatic carbocycles. The third-order valence-corrected chi connectivity index (χ3v) is 64.9. The first kappa shape index (κ1) is 120. The predicted molar refractivity (Wildman–Crippen MR) is 552 cm³/mol. The van der Waals surface area contributed by atoms with Gasteiger partial charge in [0.1, 0.15) is 72.9 Å². The van der Waals surface area contributed by atoms with Crippen molar-refractivity contribution in [2.24, 2.45) is 23.7 Å². The molecule has 4 N–H and O–H groups in total. The molecule has 33 nitrogen and oxygen atoms in total. The number of Topliss-reactive ketones (excluding diaryl/α,β-unsaturated/α-hetero) is 4. The Bertz CT molecular complexity index is 4740. The average Bonchev–Trinajstić information content (AvgIpc) is 0.794. The largest absolute Gasteiger partial charge is 0.497 e. The molecule has 12 atom stereocenters. The molecule has 4 aliphatic carbocycles. The van der Waals surface area contributed by atoms with Crippen molar-refractivity contribution in [1.29, 1.82) is 0 Å². The van der Waals surface area contributed by atoms with Crippen LogP contribution in [0.1, 0.15) is 191 Å². The number of carbonyl (C=O) groups excluding carboxylic acids is 10. The molecule has 0 bridgehead atoms. The smallest absolute Gasteiger partial charge is 0.317 e. The maximum absolute atomic E-state index is 14.0. The molecule has 12 unspecified atom stereocenters. The first-order chi connectivity index (χ1) is 66.0. The Morgan fingerprint density at radius 1 is 0.284 bits per heavy atom. The van der Waals surface area contributed by atoms with Crippen molar-refractivity contribution in [3.63, 3.8) is 0 Å². The molecule has 4 aromatic rings. The fourth-order valence-corrected chi connectivity index (χ4v) is 71.0. The summed E-state index contributed by atoms with van der Waals surface area (Å²) in [4.78, 5) is 134. The lowest BCUT2D eigenvalue weighted by Gasteiger charge is -2.47. The molecule has 0 heterocycles. The number of hydrogen-bond donors (Lipinski definition) is 4. The van der Waals surface area contributed by atoms with E-state index in [1.807, 2.05) is 78.6 Å². The van der Waals surface area contributed by atoms with E-state index in [9.17, 15) is 68.4 Å². The zero-order valence-electron chi connectivity index (χ0n) is 86.8. The van der Waals surface area contributed by atoms with Crippen LogP contribution < -0.4 is 9.47 Å². The zero-order valence-corrected chi connectivity index (χ0v) is 96.8. The summed E-state index contributed by atoms with van der Waals surface area (Å²) in [5.74, 6) is -8.50. The van der Waals surface area contributed by atoms with Gasteiger partial charge < -0.3 is 105 Å². The van der Waals surface area contributed by atoms with Crippen molar-refractivity contribution in [3.8, 4) is 11.5 Å². The summed E-state index contributed by atoms with van der Waals surface area (Å²) >= 11 is 0. The van der Waals surface area contributed by atoms with Crippen LogP contribution in [-0.2, 0) is 94.1 Å². The Labute approximate surface area is 844 Å². The minimum absolute atomic E-state index is 0.0108. The van der Waals surface area contributed by atoms with Crippen LogP contribution in [0.5, 0.6) is 11.5 Å². The molecule has 4 aliphatic rings. The van der Waals surface area contributed by atoms with Gasteiger partial charge >= 0.3 is 92.4 Å². The molecule has 43 heteroatoms. The van der Waals surface area contributed by atoms with Gasteiger partial charge in [-0.1, -0.05) is 99.9 Å². The van der Waals surface area contributed by atoms with E-state index in [2.05, 4.69) is 39.3 Å². The molecule has 0 saturated heterocycles. The average molecular weight is 2150 g/mol. The second-order valence-electron chi connectivity index (χ2n) is 42.0. The lowest BCUT2D eigenvalue weighted by atomic mass is 9.71. The number of esters is 4. The highest BCUT2D eigenvalue weighted by molar-refractivity contribution is 6.94. The summed E-state index contributed by atoms with van der Waals surface area (Å²) in [5, 5.41) is 47.8. The molecule has 141 heavy (non-hydrogen) atoms. The van der Waals surface area contributed by atoms with Crippen LogP contribution in [0.2, 0.25) is 142 Å². The quantitative estimate of drug-likeness (QED) is 0.00796. The molecule has 0 radical (unpaired) electrons. The van der Waals surface area contributed by atoms with Gasteiger partial charge in [-0.05, 0) is 268 Å². The molecule has 8 rings (SSSR count). The Kier molecular flexibility index (Phi) is 45.3. The maximum Gasteiger partial charge on any atom is 0.317 e. The summed E-state index contributed by atoms with van der Waals surface area (Å²) in [6, 6.07) is 26.2. The zero-order chi connectivity index (χ0) is 104. The van der Waals surface area contributed by atoms with E-state index in [1.165, 1.54) is 62.8 Å². The number of rotatable bonds is 62. The van der Waals surface area contributed by atoms with E-state index in [0.717, 1.165) is 0 Å². The molecule has 0 aliphatic heterocycles. The number of aliphatic hydroxyl groups is 4. The van der Waals surface area contributed by atoms with Crippen molar-refractivity contribution >= 4 is 145 Å². The number of benzene rings is 4. The normalized spacial score (nSPS) is 22.9. The van der Waals surface area contributed by atoms with Crippen LogP contribution in [0.4, 0.5) is 0 Å².